The topological polar surface area (TPSA) is 70.8 Å². The van der Waals surface area contributed by atoms with Crippen LogP contribution in [0.15, 0.2) is 0 Å². The van der Waals surface area contributed by atoms with Gasteiger partial charge >= 0.3 is 8.25 Å². The molecule has 0 aromatic rings. The van der Waals surface area contributed by atoms with Gasteiger partial charge < -0.3 is 5.73 Å². The van der Waals surface area contributed by atoms with Gasteiger partial charge in [-0.1, -0.05) is 6.92 Å². The summed E-state index contributed by atoms with van der Waals surface area (Å²) in [7, 11) is -0.857. The lowest BCUT2D eigenvalue weighted by atomic mass is 10.2. The van der Waals surface area contributed by atoms with Crippen molar-refractivity contribution in [1.29, 1.82) is 0 Å². The molecule has 12 heavy (non-hydrogen) atoms. The second-order valence-corrected chi connectivity index (χ2v) is 3.15. The molecule has 0 saturated carbocycles. The normalized spacial score (nSPS) is 14.4. The van der Waals surface area contributed by atoms with Crippen LogP contribution in [-0.2, 0) is 18.7 Å². The Balaban J connectivity index is 3.50. The molecule has 2 atom stereocenters. The molecule has 0 bridgehead atoms. The Morgan fingerprint density at radius 1 is 1.58 bits per heavy atom. The summed E-state index contributed by atoms with van der Waals surface area (Å²) in [6, 6.07) is 0. The van der Waals surface area contributed by atoms with Crippen molar-refractivity contribution < 1.29 is 18.7 Å². The van der Waals surface area contributed by atoms with Crippen LogP contribution in [0.4, 0.5) is 0 Å². The molecule has 5 nitrogen and oxygen atoms in total. The molecule has 0 saturated heterocycles. The van der Waals surface area contributed by atoms with E-state index in [-0.39, 0.29) is 6.10 Å². The average Bonchev–Trinajstić information content (AvgIpc) is 2.11. The molecular formula is C6H15NO4P+. The van der Waals surface area contributed by atoms with Crippen molar-refractivity contribution in [2.24, 2.45) is 5.73 Å². The zero-order valence-corrected chi connectivity index (χ0v) is 8.25. The Morgan fingerprint density at radius 3 is 2.67 bits per heavy atom. The van der Waals surface area contributed by atoms with Crippen LogP contribution in [0, 0.1) is 0 Å². The van der Waals surface area contributed by atoms with Gasteiger partial charge in [-0.3, -0.25) is 0 Å². The fraction of sp³-hybridized carbons (Fsp3) is 1.00. The molecule has 0 spiro atoms. The lowest BCUT2D eigenvalue weighted by molar-refractivity contribution is -0.247. The molecule has 0 aromatic heterocycles. The molecule has 2 N–H and O–H groups in total. The summed E-state index contributed by atoms with van der Waals surface area (Å²) >= 11 is 0. The minimum Gasteiger partial charge on any atom is -0.330 e. The molecule has 72 valence electrons. The van der Waals surface area contributed by atoms with Crippen molar-refractivity contribution >= 4 is 8.25 Å². The molecule has 0 fully saturated rings. The fourth-order valence-electron chi connectivity index (χ4n) is 0.633. The third-order valence-electron chi connectivity index (χ3n) is 1.33. The Hall–Kier alpha value is -0.0600. The quantitative estimate of drug-likeness (QED) is 0.378. The van der Waals surface area contributed by atoms with Gasteiger partial charge in [0.15, 0.2) is 0 Å². The van der Waals surface area contributed by atoms with E-state index in [4.69, 9.17) is 10.6 Å². The molecule has 0 heterocycles. The summed E-state index contributed by atoms with van der Waals surface area (Å²) in [5, 5.41) is 0. The highest BCUT2D eigenvalue weighted by Crippen LogP contribution is 2.23. The molecule has 2 unspecified atom stereocenters. The Morgan fingerprint density at radius 2 is 2.25 bits per heavy atom. The second kappa shape index (κ2) is 7.58. The van der Waals surface area contributed by atoms with Gasteiger partial charge in [-0.25, -0.2) is 0 Å². The molecule has 0 rings (SSSR count). The highest BCUT2D eigenvalue weighted by atomic mass is 31.1. The van der Waals surface area contributed by atoms with Crippen molar-refractivity contribution in [3.63, 3.8) is 0 Å². The first-order chi connectivity index (χ1) is 5.74. The van der Waals surface area contributed by atoms with E-state index >= 15 is 0 Å². The summed E-state index contributed by atoms with van der Waals surface area (Å²) in [5.41, 5.74) is 5.30. The number of rotatable bonds is 7. The Kier molecular flexibility index (Phi) is 7.54. The Labute approximate surface area is 73.1 Å². The van der Waals surface area contributed by atoms with E-state index in [9.17, 15) is 4.57 Å². The zero-order valence-electron chi connectivity index (χ0n) is 7.36. The van der Waals surface area contributed by atoms with Gasteiger partial charge in [-0.05, 0) is 19.4 Å². The number of hydrogen-bond donors (Lipinski definition) is 1. The smallest absolute Gasteiger partial charge is 0.330 e. The lowest BCUT2D eigenvalue weighted by Gasteiger charge is -2.07. The van der Waals surface area contributed by atoms with Crippen molar-refractivity contribution in [3.05, 3.63) is 0 Å². The molecule has 0 radical (unpaired) electrons. The van der Waals surface area contributed by atoms with E-state index in [2.05, 4.69) is 9.20 Å². The first-order valence-electron chi connectivity index (χ1n) is 3.79. The summed E-state index contributed by atoms with van der Waals surface area (Å²) in [6.45, 7) is 2.45. The number of nitrogens with two attached hydrogens (primary N) is 1. The first kappa shape index (κ1) is 11.9. The molecule has 0 aromatic carbocycles. The summed E-state index contributed by atoms with van der Waals surface area (Å²) in [5.74, 6) is 0. The zero-order chi connectivity index (χ0) is 9.40. The van der Waals surface area contributed by atoms with Crippen LogP contribution in [-0.4, -0.2) is 19.8 Å². The molecule has 6 heteroatoms. The molecular weight excluding hydrogens is 181 g/mol. The van der Waals surface area contributed by atoms with E-state index in [0.717, 1.165) is 6.42 Å². The lowest BCUT2D eigenvalue weighted by Crippen LogP contribution is -2.15. The monoisotopic (exact) mass is 196 g/mol. The van der Waals surface area contributed by atoms with Crippen molar-refractivity contribution in [3.8, 4) is 0 Å². The fourth-order valence-corrected chi connectivity index (χ4v) is 0.885. The van der Waals surface area contributed by atoms with Gasteiger partial charge in [-0.15, -0.1) is 4.52 Å². The molecule has 0 aliphatic carbocycles. The van der Waals surface area contributed by atoms with Crippen LogP contribution in [0.3, 0.4) is 0 Å². The van der Waals surface area contributed by atoms with Crippen LogP contribution in [0.1, 0.15) is 19.8 Å². The SMILES string of the molecule is CCC(CCN)OO[P+](=O)OC. The van der Waals surface area contributed by atoms with E-state index in [0.29, 0.717) is 13.0 Å². The standard InChI is InChI=1S/C6H15NO4P/c1-3-6(4-5-7)10-11-12(8)9-2/h6H,3-5,7H2,1-2H3/q+1. The average molecular weight is 196 g/mol. The van der Waals surface area contributed by atoms with Crippen LogP contribution < -0.4 is 5.73 Å². The van der Waals surface area contributed by atoms with E-state index in [1.54, 1.807) is 0 Å². The predicted molar refractivity (Wildman–Crippen MR) is 44.5 cm³/mol. The van der Waals surface area contributed by atoms with E-state index in [1.165, 1.54) is 7.11 Å². The summed E-state index contributed by atoms with van der Waals surface area (Å²) in [4.78, 5) is 4.80. The molecule has 0 amide bonds. The molecule has 0 aliphatic rings. The van der Waals surface area contributed by atoms with Gasteiger partial charge in [0.2, 0.25) is 0 Å². The van der Waals surface area contributed by atoms with Gasteiger partial charge in [0.05, 0.1) is 17.9 Å². The van der Waals surface area contributed by atoms with E-state index < -0.39 is 8.25 Å². The van der Waals surface area contributed by atoms with Crippen LogP contribution in [0.2, 0.25) is 0 Å². The minimum absolute atomic E-state index is 0.107. The van der Waals surface area contributed by atoms with Crippen molar-refractivity contribution in [2.45, 2.75) is 25.9 Å². The molecule has 0 aliphatic heterocycles. The van der Waals surface area contributed by atoms with Gasteiger partial charge in [-0.2, -0.15) is 4.89 Å². The third-order valence-corrected chi connectivity index (χ3v) is 1.84. The second-order valence-electron chi connectivity index (χ2n) is 2.18. The maximum absolute atomic E-state index is 10.6. The van der Waals surface area contributed by atoms with E-state index in [1.807, 2.05) is 6.92 Å². The highest BCUT2D eigenvalue weighted by molar-refractivity contribution is 7.33. The van der Waals surface area contributed by atoms with Gasteiger partial charge in [0, 0.05) is 4.57 Å². The predicted octanol–water partition coefficient (Wildman–Crippen LogP) is 1.37. The summed E-state index contributed by atoms with van der Waals surface area (Å²) in [6.07, 6.45) is 1.34. The largest absolute Gasteiger partial charge is 0.728 e. The van der Waals surface area contributed by atoms with Gasteiger partial charge in [0.25, 0.3) is 0 Å². The maximum Gasteiger partial charge on any atom is 0.728 e. The first-order valence-corrected chi connectivity index (χ1v) is 4.89. The van der Waals surface area contributed by atoms with Crippen molar-refractivity contribution in [2.75, 3.05) is 13.7 Å². The Bertz CT molecular complexity index is 133. The number of hydrogen-bond acceptors (Lipinski definition) is 5. The van der Waals surface area contributed by atoms with Gasteiger partial charge in [0.1, 0.15) is 0 Å². The minimum atomic E-state index is -2.14. The van der Waals surface area contributed by atoms with Crippen LogP contribution in [0.5, 0.6) is 0 Å². The highest BCUT2D eigenvalue weighted by Gasteiger charge is 2.21. The van der Waals surface area contributed by atoms with Crippen LogP contribution >= 0.6 is 8.25 Å². The van der Waals surface area contributed by atoms with Crippen LogP contribution in [0.25, 0.3) is 0 Å². The maximum atomic E-state index is 10.6. The third kappa shape index (κ3) is 5.57. The summed E-state index contributed by atoms with van der Waals surface area (Å²) < 4.78 is 19.4. The van der Waals surface area contributed by atoms with Crippen molar-refractivity contribution in [1.82, 2.24) is 0 Å².